The number of amides is 1. The van der Waals surface area contributed by atoms with Gasteiger partial charge in [-0.2, -0.15) is 5.10 Å². The summed E-state index contributed by atoms with van der Waals surface area (Å²) in [5, 5.41) is 4.76. The van der Waals surface area contributed by atoms with Crippen LogP contribution in [-0.4, -0.2) is 12.1 Å². The second kappa shape index (κ2) is 8.11. The molecule has 0 bridgehead atoms. The first kappa shape index (κ1) is 15.0. The molecule has 0 saturated carbocycles. The van der Waals surface area contributed by atoms with Gasteiger partial charge in [0.05, 0.1) is 16.3 Å². The predicted octanol–water partition coefficient (Wildman–Crippen LogP) is 4.02. The maximum absolute atomic E-state index is 11.4. The predicted molar refractivity (Wildman–Crippen MR) is 76.3 cm³/mol. The fraction of sp³-hybridized carbons (Fsp3) is 0.385. The number of hydrogen-bond donors (Lipinski definition) is 1. The summed E-state index contributed by atoms with van der Waals surface area (Å²) in [6, 6.07) is 5.25. The van der Waals surface area contributed by atoms with E-state index in [1.807, 2.05) is 0 Å². The van der Waals surface area contributed by atoms with E-state index in [1.165, 1.54) is 6.21 Å². The quantitative estimate of drug-likeness (QED) is 0.479. The van der Waals surface area contributed by atoms with E-state index in [1.54, 1.807) is 18.2 Å². The number of nitrogens with zero attached hydrogens (tertiary/aromatic N) is 1. The lowest BCUT2D eigenvalue weighted by molar-refractivity contribution is -0.121. The van der Waals surface area contributed by atoms with Gasteiger partial charge in [0.25, 0.3) is 0 Å². The standard InChI is InChI=1S/C13H16Cl2N2O/c1-2-3-4-8-12(18)17-16-9-10-6-5-7-11(14)13(10)15/h5-7,9H,2-4,8H2,1H3,(H,17,18)/b16-9+. The van der Waals surface area contributed by atoms with Crippen LogP contribution in [0.15, 0.2) is 23.3 Å². The first-order valence-corrected chi connectivity index (χ1v) is 6.66. The molecule has 5 heteroatoms. The van der Waals surface area contributed by atoms with E-state index in [-0.39, 0.29) is 5.91 Å². The Balaban J connectivity index is 2.45. The molecule has 0 radical (unpaired) electrons. The Morgan fingerprint density at radius 2 is 2.17 bits per heavy atom. The minimum absolute atomic E-state index is 0.0853. The van der Waals surface area contributed by atoms with Crippen LogP contribution in [0.4, 0.5) is 0 Å². The molecule has 1 aromatic rings. The molecule has 0 saturated heterocycles. The first-order valence-electron chi connectivity index (χ1n) is 5.91. The number of hydrogen-bond acceptors (Lipinski definition) is 2. The highest BCUT2D eigenvalue weighted by atomic mass is 35.5. The van der Waals surface area contributed by atoms with Crippen molar-refractivity contribution in [2.45, 2.75) is 32.6 Å². The summed E-state index contributed by atoms with van der Waals surface area (Å²) in [6.45, 7) is 2.09. The molecule has 0 spiro atoms. The Morgan fingerprint density at radius 1 is 1.39 bits per heavy atom. The van der Waals surface area contributed by atoms with Gasteiger partial charge in [0.15, 0.2) is 0 Å². The van der Waals surface area contributed by atoms with Crippen molar-refractivity contribution in [2.75, 3.05) is 0 Å². The Morgan fingerprint density at radius 3 is 2.89 bits per heavy atom. The van der Waals surface area contributed by atoms with Gasteiger partial charge in [0, 0.05) is 12.0 Å². The summed E-state index contributed by atoms with van der Waals surface area (Å²) in [7, 11) is 0. The Hall–Kier alpha value is -1.06. The molecule has 0 aliphatic rings. The van der Waals surface area contributed by atoms with Gasteiger partial charge in [-0.15, -0.1) is 0 Å². The molecule has 1 rings (SSSR count). The number of nitrogens with one attached hydrogen (secondary N) is 1. The van der Waals surface area contributed by atoms with Crippen molar-refractivity contribution >= 4 is 35.3 Å². The van der Waals surface area contributed by atoms with E-state index in [2.05, 4.69) is 17.5 Å². The van der Waals surface area contributed by atoms with Crippen LogP contribution in [0, 0.1) is 0 Å². The van der Waals surface area contributed by atoms with Crippen molar-refractivity contribution in [3.05, 3.63) is 33.8 Å². The molecular formula is C13H16Cl2N2O. The SMILES string of the molecule is CCCCCC(=O)N/N=C/c1cccc(Cl)c1Cl. The van der Waals surface area contributed by atoms with Crippen molar-refractivity contribution < 1.29 is 4.79 Å². The minimum Gasteiger partial charge on any atom is -0.273 e. The second-order valence-corrected chi connectivity index (χ2v) is 4.68. The molecule has 18 heavy (non-hydrogen) atoms. The Kier molecular flexibility index (Phi) is 6.76. The monoisotopic (exact) mass is 286 g/mol. The average molecular weight is 287 g/mol. The summed E-state index contributed by atoms with van der Waals surface area (Å²) in [5.41, 5.74) is 3.14. The van der Waals surface area contributed by atoms with Crippen LogP contribution in [0.5, 0.6) is 0 Å². The lowest BCUT2D eigenvalue weighted by Crippen LogP contribution is -2.16. The number of hydrazone groups is 1. The van der Waals surface area contributed by atoms with E-state index in [4.69, 9.17) is 23.2 Å². The Labute approximate surface area is 117 Å². The summed E-state index contributed by atoms with van der Waals surface area (Å²) < 4.78 is 0. The fourth-order valence-corrected chi connectivity index (χ4v) is 1.74. The molecule has 0 aliphatic heterocycles. The summed E-state index contributed by atoms with van der Waals surface area (Å²) >= 11 is 11.8. The van der Waals surface area contributed by atoms with Crippen molar-refractivity contribution in [1.29, 1.82) is 0 Å². The minimum atomic E-state index is -0.0853. The van der Waals surface area contributed by atoms with Gasteiger partial charge in [-0.25, -0.2) is 5.43 Å². The third-order valence-electron chi connectivity index (χ3n) is 2.38. The molecule has 0 heterocycles. The number of rotatable bonds is 6. The summed E-state index contributed by atoms with van der Waals surface area (Å²) in [5.74, 6) is -0.0853. The maximum atomic E-state index is 11.4. The lowest BCUT2D eigenvalue weighted by atomic mass is 10.2. The molecule has 0 aromatic heterocycles. The molecule has 0 aliphatic carbocycles. The summed E-state index contributed by atoms with van der Waals surface area (Å²) in [6.07, 6.45) is 5.02. The van der Waals surface area contributed by atoms with Crippen LogP contribution in [0.2, 0.25) is 10.0 Å². The van der Waals surface area contributed by atoms with Gasteiger partial charge < -0.3 is 0 Å². The van der Waals surface area contributed by atoms with Crippen LogP contribution in [0.25, 0.3) is 0 Å². The Bertz CT molecular complexity index is 433. The fourth-order valence-electron chi connectivity index (χ4n) is 1.39. The largest absolute Gasteiger partial charge is 0.273 e. The molecule has 0 atom stereocenters. The molecule has 0 unspecified atom stereocenters. The lowest BCUT2D eigenvalue weighted by Gasteiger charge is -2.01. The van der Waals surface area contributed by atoms with Crippen LogP contribution in [-0.2, 0) is 4.79 Å². The highest BCUT2D eigenvalue weighted by molar-refractivity contribution is 6.43. The van der Waals surface area contributed by atoms with Crippen LogP contribution >= 0.6 is 23.2 Å². The molecule has 0 fully saturated rings. The zero-order valence-electron chi connectivity index (χ0n) is 10.2. The topological polar surface area (TPSA) is 41.5 Å². The van der Waals surface area contributed by atoms with E-state index < -0.39 is 0 Å². The molecule has 1 N–H and O–H groups in total. The highest BCUT2D eigenvalue weighted by Gasteiger charge is 2.02. The van der Waals surface area contributed by atoms with E-state index in [9.17, 15) is 4.79 Å². The van der Waals surface area contributed by atoms with E-state index in [0.29, 0.717) is 22.0 Å². The number of unbranched alkanes of at least 4 members (excludes halogenated alkanes) is 2. The highest BCUT2D eigenvalue weighted by Crippen LogP contribution is 2.23. The van der Waals surface area contributed by atoms with Crippen LogP contribution in [0.1, 0.15) is 38.2 Å². The molecule has 98 valence electrons. The number of carbonyl (C=O) groups is 1. The van der Waals surface area contributed by atoms with Crippen molar-refractivity contribution in [3.8, 4) is 0 Å². The van der Waals surface area contributed by atoms with Crippen LogP contribution in [0.3, 0.4) is 0 Å². The van der Waals surface area contributed by atoms with Gasteiger partial charge in [0.1, 0.15) is 0 Å². The van der Waals surface area contributed by atoms with Crippen LogP contribution < -0.4 is 5.43 Å². The van der Waals surface area contributed by atoms with Gasteiger partial charge in [-0.3, -0.25) is 4.79 Å². The van der Waals surface area contributed by atoms with E-state index >= 15 is 0 Å². The normalized spacial score (nSPS) is 10.8. The molecular weight excluding hydrogens is 271 g/mol. The van der Waals surface area contributed by atoms with Crippen molar-refractivity contribution in [2.24, 2.45) is 5.10 Å². The maximum Gasteiger partial charge on any atom is 0.240 e. The molecule has 3 nitrogen and oxygen atoms in total. The number of carbonyl (C=O) groups excluding carboxylic acids is 1. The average Bonchev–Trinajstić information content (AvgIpc) is 2.35. The van der Waals surface area contributed by atoms with Gasteiger partial charge in [-0.05, 0) is 12.5 Å². The van der Waals surface area contributed by atoms with Gasteiger partial charge in [-0.1, -0.05) is 55.1 Å². The number of benzene rings is 1. The second-order valence-electron chi connectivity index (χ2n) is 3.89. The van der Waals surface area contributed by atoms with Crippen molar-refractivity contribution in [1.82, 2.24) is 5.43 Å². The molecule has 1 aromatic carbocycles. The van der Waals surface area contributed by atoms with Gasteiger partial charge in [0.2, 0.25) is 5.91 Å². The zero-order chi connectivity index (χ0) is 13.4. The zero-order valence-corrected chi connectivity index (χ0v) is 11.8. The smallest absolute Gasteiger partial charge is 0.240 e. The molecule has 1 amide bonds. The number of halogens is 2. The third kappa shape index (κ3) is 5.07. The van der Waals surface area contributed by atoms with Crippen molar-refractivity contribution in [3.63, 3.8) is 0 Å². The van der Waals surface area contributed by atoms with Gasteiger partial charge >= 0.3 is 0 Å². The third-order valence-corrected chi connectivity index (χ3v) is 3.22. The summed E-state index contributed by atoms with van der Waals surface area (Å²) in [4.78, 5) is 11.4. The van der Waals surface area contributed by atoms with E-state index in [0.717, 1.165) is 19.3 Å². The first-order chi connectivity index (χ1) is 8.65.